The Hall–Kier alpha value is -7.03. The van der Waals surface area contributed by atoms with Crippen molar-refractivity contribution in [1.82, 2.24) is 14.5 Å². The first-order valence-corrected chi connectivity index (χ1v) is 22.1. The van der Waals surface area contributed by atoms with E-state index in [4.69, 9.17) is 42.6 Å². The van der Waals surface area contributed by atoms with Gasteiger partial charge in [0.15, 0.2) is 5.69 Å². The number of imidazole rings is 1. The fraction of sp³-hybridized carbons (Fsp3) is 0.489. The molecule has 2 aromatic carbocycles. The Morgan fingerprint density at radius 2 is 1.23 bits per heavy atom. The number of nitrogens with zero attached hydrogens (tertiary/aromatic N) is 5. The van der Waals surface area contributed by atoms with E-state index in [1.807, 2.05) is 0 Å². The molecule has 1 N–H and O–H groups in total. The molecule has 0 saturated heterocycles. The minimum Gasteiger partial charge on any atom is -0.484 e. The molecular weight excluding hydrogens is 929 g/mol. The van der Waals surface area contributed by atoms with E-state index in [2.05, 4.69) is 10.3 Å². The lowest BCUT2D eigenvalue weighted by atomic mass is 10.1. The molecule has 1 aliphatic rings. The molecule has 0 spiro atoms. The zero-order valence-electron chi connectivity index (χ0n) is 38.6. The number of hydrogen-bond donors (Lipinski definition) is 1. The van der Waals surface area contributed by atoms with Crippen LogP contribution in [-0.2, 0) is 77.4 Å². The van der Waals surface area contributed by atoms with Gasteiger partial charge < -0.3 is 58.1 Å². The zero-order chi connectivity index (χ0) is 50.5. The molecule has 0 saturated carbocycles. The molecule has 2 heterocycles. The van der Waals surface area contributed by atoms with E-state index in [1.165, 1.54) is 54.2 Å². The number of imide groups is 1. The SMILES string of the molecule is Cn1c(COc2ccc(COC(=O)Oc3ccc([N+](=O)[O-])cc3)cc2NC(=O)CCC(=O)CCOCCOCCOCCOCCOCCOCCCC(=O)CCN2C(=O)C=CC2=O)cnc1[N+](=O)[O-]. The summed E-state index contributed by atoms with van der Waals surface area (Å²) in [5.41, 5.74) is 0.738. The van der Waals surface area contributed by atoms with Crippen molar-refractivity contribution in [3.63, 3.8) is 0 Å². The number of hydrogen-bond acceptors (Lipinski definition) is 20. The first kappa shape index (κ1) is 55.6. The largest absolute Gasteiger partial charge is 0.514 e. The summed E-state index contributed by atoms with van der Waals surface area (Å²) in [6.45, 7) is 3.62. The molecule has 1 aromatic heterocycles. The number of aromatic nitrogens is 2. The number of Topliss-reactive ketones (excluding diaryl/α,β-unsaturated/α-hetero) is 2. The van der Waals surface area contributed by atoms with Crippen LogP contribution in [0.25, 0.3) is 0 Å². The van der Waals surface area contributed by atoms with Gasteiger partial charge in [-0.3, -0.25) is 39.0 Å². The maximum atomic E-state index is 13.0. The Morgan fingerprint density at radius 1 is 0.657 bits per heavy atom. The molecule has 0 fully saturated rings. The van der Waals surface area contributed by atoms with Crippen molar-refractivity contribution < 1.29 is 81.2 Å². The van der Waals surface area contributed by atoms with Crippen LogP contribution in [0.1, 0.15) is 49.8 Å². The van der Waals surface area contributed by atoms with E-state index >= 15 is 0 Å². The molecule has 1 aliphatic heterocycles. The van der Waals surface area contributed by atoms with Gasteiger partial charge in [-0.25, -0.2) is 9.36 Å². The van der Waals surface area contributed by atoms with Crippen LogP contribution in [0.3, 0.4) is 0 Å². The Balaban J connectivity index is 1.00. The van der Waals surface area contributed by atoms with E-state index in [0.717, 1.165) is 17.0 Å². The van der Waals surface area contributed by atoms with Crippen LogP contribution in [0.2, 0.25) is 0 Å². The summed E-state index contributed by atoms with van der Waals surface area (Å²) in [7, 11) is 1.45. The number of nitro benzene ring substituents is 1. The second kappa shape index (κ2) is 31.2. The van der Waals surface area contributed by atoms with Gasteiger partial charge in [0.2, 0.25) is 5.91 Å². The summed E-state index contributed by atoms with van der Waals surface area (Å²) in [5.74, 6) is -1.77. The van der Waals surface area contributed by atoms with Gasteiger partial charge in [0.25, 0.3) is 17.5 Å². The number of ether oxygens (including phenoxy) is 9. The molecular formula is C45H56N6O19. The molecule has 4 rings (SSSR count). The highest BCUT2D eigenvalue weighted by molar-refractivity contribution is 6.13. The van der Waals surface area contributed by atoms with Crippen molar-refractivity contribution in [2.24, 2.45) is 7.05 Å². The third-order valence-electron chi connectivity index (χ3n) is 9.80. The normalized spacial score (nSPS) is 12.0. The van der Waals surface area contributed by atoms with Crippen LogP contribution in [0.5, 0.6) is 11.5 Å². The molecule has 3 aromatic rings. The fourth-order valence-electron chi connectivity index (χ4n) is 6.05. The first-order valence-electron chi connectivity index (χ1n) is 22.1. The van der Waals surface area contributed by atoms with Crippen LogP contribution >= 0.6 is 0 Å². The average molecular weight is 985 g/mol. The third kappa shape index (κ3) is 21.1. The lowest BCUT2D eigenvalue weighted by Gasteiger charge is -2.14. The fourth-order valence-corrected chi connectivity index (χ4v) is 6.05. The number of nitro groups is 2. The van der Waals surface area contributed by atoms with Gasteiger partial charge in [0.05, 0.1) is 90.3 Å². The van der Waals surface area contributed by atoms with E-state index < -0.39 is 39.7 Å². The molecule has 0 atom stereocenters. The van der Waals surface area contributed by atoms with Gasteiger partial charge in [-0.1, -0.05) is 11.1 Å². The Labute approximate surface area is 401 Å². The molecule has 70 heavy (non-hydrogen) atoms. The predicted octanol–water partition coefficient (Wildman–Crippen LogP) is 3.97. The van der Waals surface area contributed by atoms with Crippen LogP contribution in [0.4, 0.5) is 22.1 Å². The lowest BCUT2D eigenvalue weighted by Crippen LogP contribution is -2.32. The van der Waals surface area contributed by atoms with E-state index in [1.54, 1.807) is 6.07 Å². The monoisotopic (exact) mass is 984 g/mol. The highest BCUT2D eigenvalue weighted by atomic mass is 16.7. The van der Waals surface area contributed by atoms with Crippen molar-refractivity contribution in [2.45, 2.75) is 51.7 Å². The Kier molecular flexibility index (Phi) is 24.7. The summed E-state index contributed by atoms with van der Waals surface area (Å²) >= 11 is 0. The number of carbonyl (C=O) groups is 6. The summed E-state index contributed by atoms with van der Waals surface area (Å²) in [6.07, 6.45) is 3.37. The Bertz CT molecular complexity index is 2230. The van der Waals surface area contributed by atoms with Gasteiger partial charge in [-0.15, -0.1) is 0 Å². The number of non-ortho nitro benzene ring substituents is 1. The van der Waals surface area contributed by atoms with Crippen molar-refractivity contribution in [3.8, 4) is 11.5 Å². The molecule has 0 radical (unpaired) electrons. The number of rotatable bonds is 37. The highest BCUT2D eigenvalue weighted by Gasteiger charge is 2.24. The smallest absolute Gasteiger partial charge is 0.484 e. The van der Waals surface area contributed by atoms with Gasteiger partial charge in [0, 0.05) is 69.5 Å². The molecule has 0 unspecified atom stereocenters. The topological polar surface area (TPSA) is 305 Å². The quantitative estimate of drug-likeness (QED) is 0.0213. The van der Waals surface area contributed by atoms with Crippen LogP contribution in [-0.4, -0.2) is 146 Å². The minimum atomic E-state index is -1.09. The van der Waals surface area contributed by atoms with Crippen LogP contribution < -0.4 is 14.8 Å². The van der Waals surface area contributed by atoms with E-state index in [0.29, 0.717) is 83.6 Å². The molecule has 25 nitrogen and oxygen atoms in total. The van der Waals surface area contributed by atoms with Crippen molar-refractivity contribution >= 4 is 52.8 Å². The standard InChI is InChI=1S/C45H56N6O19/c1-48-35(30-46-44(48)51(60)61)32-68-40-10-4-33(31-69-45(57)70-38-8-5-34(6-9-38)50(58)59)29-39(40)47-41(54)11-7-37(53)15-18-63-20-22-65-24-26-67-28-27-66-25-23-64-21-19-62-17-2-3-36(52)14-16-49-42(55)12-13-43(49)56/h4-6,8-10,12-13,29-30H,2-3,7,11,14-28,31-32H2,1H3,(H,47,54). The number of carbonyl (C=O) groups excluding carboxylic acids is 6. The number of ketones is 2. The first-order chi connectivity index (χ1) is 33.8. The lowest BCUT2D eigenvalue weighted by molar-refractivity contribution is -0.396. The van der Waals surface area contributed by atoms with Gasteiger partial charge in [-0.05, 0) is 41.2 Å². The van der Waals surface area contributed by atoms with Crippen LogP contribution in [0, 0.1) is 20.2 Å². The number of benzene rings is 2. The summed E-state index contributed by atoms with van der Waals surface area (Å²) in [4.78, 5) is 98.5. The summed E-state index contributed by atoms with van der Waals surface area (Å²) < 4.78 is 50.1. The van der Waals surface area contributed by atoms with Crippen molar-refractivity contribution in [3.05, 3.63) is 92.3 Å². The molecule has 0 aliphatic carbocycles. The minimum absolute atomic E-state index is 0.0173. The maximum Gasteiger partial charge on any atom is 0.514 e. The van der Waals surface area contributed by atoms with Gasteiger partial charge in [0.1, 0.15) is 42.5 Å². The summed E-state index contributed by atoms with van der Waals surface area (Å²) in [6, 6.07) is 9.31. The van der Waals surface area contributed by atoms with Crippen molar-refractivity contribution in [1.29, 1.82) is 0 Å². The van der Waals surface area contributed by atoms with Gasteiger partial charge in [-0.2, -0.15) is 0 Å². The average Bonchev–Trinajstić information content (AvgIpc) is 3.88. The Morgan fingerprint density at radius 3 is 1.80 bits per heavy atom. The number of amides is 3. The van der Waals surface area contributed by atoms with Crippen molar-refractivity contribution in [2.75, 3.05) is 91.1 Å². The predicted molar refractivity (Wildman–Crippen MR) is 242 cm³/mol. The van der Waals surface area contributed by atoms with E-state index in [9.17, 15) is 49.0 Å². The zero-order valence-corrected chi connectivity index (χ0v) is 38.6. The number of anilines is 1. The maximum absolute atomic E-state index is 13.0. The molecule has 380 valence electrons. The number of nitrogens with one attached hydrogen (secondary N) is 1. The second-order valence-corrected chi connectivity index (χ2v) is 14.9. The van der Waals surface area contributed by atoms with Gasteiger partial charge >= 0.3 is 12.1 Å². The van der Waals surface area contributed by atoms with Crippen LogP contribution in [0.15, 0.2) is 60.8 Å². The summed E-state index contributed by atoms with van der Waals surface area (Å²) in [5, 5.41) is 24.8. The molecule has 25 heteroatoms. The second-order valence-electron chi connectivity index (χ2n) is 14.9. The van der Waals surface area contributed by atoms with E-state index in [-0.39, 0.29) is 99.7 Å². The third-order valence-corrected chi connectivity index (χ3v) is 9.80. The molecule has 0 bridgehead atoms. The highest BCUT2D eigenvalue weighted by Crippen LogP contribution is 2.28. The molecule has 3 amide bonds.